The predicted molar refractivity (Wildman–Crippen MR) is 71.7 cm³/mol. The highest BCUT2D eigenvalue weighted by Gasteiger charge is 2.28. The summed E-state index contributed by atoms with van der Waals surface area (Å²) in [4.78, 5) is 13.7. The molecule has 0 saturated carbocycles. The molecule has 1 aliphatic rings. The number of carbonyl (C=O) groups is 1. The summed E-state index contributed by atoms with van der Waals surface area (Å²) in [5.74, 6) is 0.471. The van der Waals surface area contributed by atoms with Crippen LogP contribution in [0.25, 0.3) is 0 Å². The minimum absolute atomic E-state index is 0.0194. The topological polar surface area (TPSA) is 55.6 Å². The van der Waals surface area contributed by atoms with E-state index >= 15 is 0 Å². The predicted octanol–water partition coefficient (Wildman–Crippen LogP) is 1.50. The van der Waals surface area contributed by atoms with Gasteiger partial charge in [-0.3, -0.25) is 4.79 Å². The van der Waals surface area contributed by atoms with Crippen LogP contribution in [0.4, 0.5) is 5.69 Å². The smallest absolute Gasteiger partial charge is 0.253 e. The summed E-state index contributed by atoms with van der Waals surface area (Å²) < 4.78 is 5.23. The van der Waals surface area contributed by atoms with Gasteiger partial charge in [-0.2, -0.15) is 0 Å². The highest BCUT2D eigenvalue weighted by molar-refractivity contribution is 5.95. The Hall–Kier alpha value is -1.39. The standard InChI is InChI=1S/C14H20N2O2/c1-10(2)11-3-5-12(6-4-11)16-13(7-15)8-18-9-14(16)17/h3-6,10,13H,7-9,15H2,1-2H3. The zero-order chi connectivity index (χ0) is 13.1. The van der Waals surface area contributed by atoms with Crippen LogP contribution < -0.4 is 10.6 Å². The second-order valence-electron chi connectivity index (χ2n) is 4.91. The zero-order valence-corrected chi connectivity index (χ0v) is 10.9. The summed E-state index contributed by atoms with van der Waals surface area (Å²) in [5, 5.41) is 0. The lowest BCUT2D eigenvalue weighted by Gasteiger charge is -2.34. The number of ether oxygens (including phenoxy) is 1. The van der Waals surface area contributed by atoms with Crippen molar-refractivity contribution in [2.75, 3.05) is 24.7 Å². The van der Waals surface area contributed by atoms with Crippen LogP contribution in [0.5, 0.6) is 0 Å². The summed E-state index contributed by atoms with van der Waals surface area (Å²) in [6.45, 7) is 5.36. The molecule has 1 saturated heterocycles. The average Bonchev–Trinajstić information content (AvgIpc) is 2.38. The van der Waals surface area contributed by atoms with Crippen LogP contribution in [0.1, 0.15) is 25.3 Å². The third-order valence-corrected chi connectivity index (χ3v) is 3.28. The van der Waals surface area contributed by atoms with Crippen LogP contribution in [0.2, 0.25) is 0 Å². The third-order valence-electron chi connectivity index (χ3n) is 3.28. The molecule has 98 valence electrons. The number of hydrogen-bond acceptors (Lipinski definition) is 3. The Balaban J connectivity index is 2.25. The number of amides is 1. The van der Waals surface area contributed by atoms with Gasteiger partial charge in [0.2, 0.25) is 0 Å². The Kier molecular flexibility index (Phi) is 3.99. The molecule has 0 aromatic heterocycles. The van der Waals surface area contributed by atoms with E-state index < -0.39 is 0 Å². The van der Waals surface area contributed by atoms with Gasteiger partial charge in [-0.25, -0.2) is 0 Å². The molecule has 1 amide bonds. The molecule has 1 aliphatic heterocycles. The van der Waals surface area contributed by atoms with Crippen LogP contribution in [-0.2, 0) is 9.53 Å². The highest BCUT2D eigenvalue weighted by Crippen LogP contribution is 2.23. The minimum Gasteiger partial charge on any atom is -0.369 e. The fourth-order valence-electron chi connectivity index (χ4n) is 2.18. The SMILES string of the molecule is CC(C)c1ccc(N2C(=O)COCC2CN)cc1. The van der Waals surface area contributed by atoms with E-state index in [0.717, 1.165) is 5.69 Å². The monoisotopic (exact) mass is 248 g/mol. The lowest BCUT2D eigenvalue weighted by Crippen LogP contribution is -2.53. The van der Waals surface area contributed by atoms with Crippen molar-refractivity contribution in [1.82, 2.24) is 0 Å². The molecule has 2 N–H and O–H groups in total. The number of hydrogen-bond donors (Lipinski definition) is 1. The van der Waals surface area contributed by atoms with Gasteiger partial charge in [0.1, 0.15) is 6.61 Å². The average molecular weight is 248 g/mol. The number of rotatable bonds is 3. The van der Waals surface area contributed by atoms with Crippen molar-refractivity contribution < 1.29 is 9.53 Å². The number of nitrogens with two attached hydrogens (primary N) is 1. The maximum absolute atomic E-state index is 11.9. The van der Waals surface area contributed by atoms with E-state index in [1.807, 2.05) is 12.1 Å². The second kappa shape index (κ2) is 5.50. The maximum atomic E-state index is 11.9. The van der Waals surface area contributed by atoms with E-state index in [2.05, 4.69) is 26.0 Å². The van der Waals surface area contributed by atoms with Crippen molar-refractivity contribution in [3.05, 3.63) is 29.8 Å². The first-order valence-electron chi connectivity index (χ1n) is 6.33. The lowest BCUT2D eigenvalue weighted by atomic mass is 10.0. The summed E-state index contributed by atoms with van der Waals surface area (Å²) in [7, 11) is 0. The molecule has 1 heterocycles. The van der Waals surface area contributed by atoms with Crippen molar-refractivity contribution >= 4 is 11.6 Å². The molecule has 1 fully saturated rings. The van der Waals surface area contributed by atoms with Gasteiger partial charge >= 0.3 is 0 Å². The molecule has 0 radical (unpaired) electrons. The van der Waals surface area contributed by atoms with Crippen LogP contribution in [0.15, 0.2) is 24.3 Å². The fraction of sp³-hybridized carbons (Fsp3) is 0.500. The Morgan fingerprint density at radius 2 is 2.06 bits per heavy atom. The van der Waals surface area contributed by atoms with E-state index in [0.29, 0.717) is 19.1 Å². The van der Waals surface area contributed by atoms with E-state index in [-0.39, 0.29) is 18.6 Å². The zero-order valence-electron chi connectivity index (χ0n) is 10.9. The van der Waals surface area contributed by atoms with E-state index in [1.165, 1.54) is 5.56 Å². The molecule has 0 spiro atoms. The normalized spacial score (nSPS) is 20.6. The number of morpholine rings is 1. The molecule has 18 heavy (non-hydrogen) atoms. The molecule has 1 unspecified atom stereocenters. The molecule has 2 rings (SSSR count). The summed E-state index contributed by atoms with van der Waals surface area (Å²) in [6.07, 6.45) is 0. The number of anilines is 1. The van der Waals surface area contributed by atoms with Crippen LogP contribution >= 0.6 is 0 Å². The Morgan fingerprint density at radius 3 is 2.61 bits per heavy atom. The van der Waals surface area contributed by atoms with Crippen molar-refractivity contribution in [3.8, 4) is 0 Å². The largest absolute Gasteiger partial charge is 0.369 e. The van der Waals surface area contributed by atoms with E-state index in [4.69, 9.17) is 10.5 Å². The lowest BCUT2D eigenvalue weighted by molar-refractivity contribution is -0.127. The van der Waals surface area contributed by atoms with E-state index in [1.54, 1.807) is 4.90 Å². The highest BCUT2D eigenvalue weighted by atomic mass is 16.5. The summed E-state index contributed by atoms with van der Waals surface area (Å²) in [6, 6.07) is 8.05. The van der Waals surface area contributed by atoms with E-state index in [9.17, 15) is 4.79 Å². The van der Waals surface area contributed by atoms with Crippen LogP contribution in [0, 0.1) is 0 Å². The van der Waals surface area contributed by atoms with Crippen molar-refractivity contribution in [3.63, 3.8) is 0 Å². The molecule has 0 aliphatic carbocycles. The van der Waals surface area contributed by atoms with Crippen LogP contribution in [-0.4, -0.2) is 31.7 Å². The first-order valence-corrected chi connectivity index (χ1v) is 6.33. The van der Waals surface area contributed by atoms with Gasteiger partial charge in [-0.15, -0.1) is 0 Å². The number of benzene rings is 1. The van der Waals surface area contributed by atoms with Gasteiger partial charge in [-0.1, -0.05) is 26.0 Å². The Bertz CT molecular complexity index is 414. The van der Waals surface area contributed by atoms with Gasteiger partial charge in [0.15, 0.2) is 0 Å². The molecule has 1 aromatic rings. The summed E-state index contributed by atoms with van der Waals surface area (Å²) in [5.41, 5.74) is 7.87. The van der Waals surface area contributed by atoms with Crippen molar-refractivity contribution in [2.45, 2.75) is 25.8 Å². The Morgan fingerprint density at radius 1 is 1.39 bits per heavy atom. The first-order chi connectivity index (χ1) is 8.63. The maximum Gasteiger partial charge on any atom is 0.253 e. The van der Waals surface area contributed by atoms with Gasteiger partial charge in [-0.05, 0) is 23.6 Å². The van der Waals surface area contributed by atoms with Crippen molar-refractivity contribution in [2.24, 2.45) is 5.73 Å². The minimum atomic E-state index is -0.0591. The van der Waals surface area contributed by atoms with Gasteiger partial charge in [0.25, 0.3) is 5.91 Å². The second-order valence-corrected chi connectivity index (χ2v) is 4.91. The fourth-order valence-corrected chi connectivity index (χ4v) is 2.18. The number of nitrogens with zero attached hydrogens (tertiary/aromatic N) is 1. The van der Waals surface area contributed by atoms with Gasteiger partial charge in [0, 0.05) is 12.2 Å². The first kappa shape index (κ1) is 13.1. The van der Waals surface area contributed by atoms with Crippen molar-refractivity contribution in [1.29, 1.82) is 0 Å². The molecule has 4 heteroatoms. The molecule has 0 bridgehead atoms. The molecular formula is C14H20N2O2. The van der Waals surface area contributed by atoms with Gasteiger partial charge in [0.05, 0.1) is 12.6 Å². The molecule has 4 nitrogen and oxygen atoms in total. The Labute approximate surface area is 108 Å². The quantitative estimate of drug-likeness (QED) is 0.882. The number of carbonyl (C=O) groups excluding carboxylic acids is 1. The molecule has 1 aromatic carbocycles. The summed E-state index contributed by atoms with van der Waals surface area (Å²) >= 11 is 0. The third kappa shape index (κ3) is 2.54. The van der Waals surface area contributed by atoms with Gasteiger partial charge < -0.3 is 15.4 Å². The van der Waals surface area contributed by atoms with Crippen LogP contribution in [0.3, 0.4) is 0 Å². The molecular weight excluding hydrogens is 228 g/mol. The molecule has 1 atom stereocenters.